The average Bonchev–Trinajstić information content (AvgIpc) is 3.12. The van der Waals surface area contributed by atoms with Crippen molar-refractivity contribution in [2.75, 3.05) is 6.61 Å². The summed E-state index contributed by atoms with van der Waals surface area (Å²) >= 11 is 0. The van der Waals surface area contributed by atoms with E-state index in [0.29, 0.717) is 5.92 Å². The lowest BCUT2D eigenvalue weighted by molar-refractivity contribution is -0.136. The summed E-state index contributed by atoms with van der Waals surface area (Å²) in [5, 5.41) is 8.84. The van der Waals surface area contributed by atoms with Crippen LogP contribution in [0.5, 0.6) is 5.75 Å². The first-order valence-corrected chi connectivity index (χ1v) is 9.93. The zero-order valence-electron chi connectivity index (χ0n) is 16.4. The molecule has 1 aromatic carbocycles. The first kappa shape index (κ1) is 18.0. The number of hydrogen-bond acceptors (Lipinski definition) is 4. The van der Waals surface area contributed by atoms with Gasteiger partial charge < -0.3 is 14.2 Å². The SMILES string of the molecule is Cc1cccc(OCC(=O)N2[C@@H]3CC[C@H]2Cc2nnc(CC(C)C)n2C3)c1. The summed E-state index contributed by atoms with van der Waals surface area (Å²) in [5.74, 6) is 3.44. The molecule has 2 atom stereocenters. The van der Waals surface area contributed by atoms with Crippen molar-refractivity contribution in [1.82, 2.24) is 19.7 Å². The molecule has 4 rings (SSSR count). The van der Waals surface area contributed by atoms with Gasteiger partial charge in [0.25, 0.3) is 5.91 Å². The minimum Gasteiger partial charge on any atom is -0.484 e. The zero-order chi connectivity index (χ0) is 19.0. The molecule has 1 amide bonds. The molecule has 6 heteroatoms. The standard InChI is InChI=1S/C21H28N4O2/c1-14(2)9-19-22-23-20-11-16-7-8-17(12-24(19)20)25(16)21(26)13-27-18-6-4-5-15(3)10-18/h4-6,10,14,16-17H,7-9,11-13H2,1-3H3/t16-,17+/m0/s1. The van der Waals surface area contributed by atoms with Crippen molar-refractivity contribution >= 4 is 5.91 Å². The summed E-state index contributed by atoms with van der Waals surface area (Å²) in [7, 11) is 0. The molecule has 0 aliphatic carbocycles. The van der Waals surface area contributed by atoms with Gasteiger partial charge in [0, 0.05) is 25.4 Å². The number of nitrogens with zero attached hydrogens (tertiary/aromatic N) is 4. The van der Waals surface area contributed by atoms with E-state index in [1.54, 1.807) is 0 Å². The average molecular weight is 368 g/mol. The van der Waals surface area contributed by atoms with Gasteiger partial charge in [0.2, 0.25) is 0 Å². The summed E-state index contributed by atoms with van der Waals surface area (Å²) in [6, 6.07) is 8.26. The first-order chi connectivity index (χ1) is 13.0. The highest BCUT2D eigenvalue weighted by atomic mass is 16.5. The summed E-state index contributed by atoms with van der Waals surface area (Å²) in [6.07, 6.45) is 3.79. The highest BCUT2D eigenvalue weighted by Gasteiger charge is 2.41. The van der Waals surface area contributed by atoms with E-state index in [0.717, 1.165) is 55.2 Å². The second-order valence-corrected chi connectivity index (χ2v) is 8.24. The van der Waals surface area contributed by atoms with E-state index in [-0.39, 0.29) is 24.6 Å². The van der Waals surface area contributed by atoms with Crippen molar-refractivity contribution in [3.05, 3.63) is 41.5 Å². The van der Waals surface area contributed by atoms with Crippen molar-refractivity contribution in [3.63, 3.8) is 0 Å². The highest BCUT2D eigenvalue weighted by molar-refractivity contribution is 5.79. The van der Waals surface area contributed by atoms with E-state index in [1.807, 2.05) is 31.2 Å². The Morgan fingerprint density at radius 1 is 1.26 bits per heavy atom. The fraction of sp³-hybridized carbons (Fsp3) is 0.571. The largest absolute Gasteiger partial charge is 0.484 e. The van der Waals surface area contributed by atoms with Crippen LogP contribution < -0.4 is 4.74 Å². The predicted molar refractivity (Wildman–Crippen MR) is 103 cm³/mol. The van der Waals surface area contributed by atoms with E-state index < -0.39 is 0 Å². The van der Waals surface area contributed by atoms with Crippen LogP contribution in [0.4, 0.5) is 0 Å². The van der Waals surface area contributed by atoms with Crippen LogP contribution >= 0.6 is 0 Å². The molecule has 144 valence electrons. The molecule has 3 heterocycles. The van der Waals surface area contributed by atoms with Gasteiger partial charge in [0.15, 0.2) is 6.61 Å². The van der Waals surface area contributed by atoms with Crippen LogP contribution in [0.3, 0.4) is 0 Å². The zero-order valence-corrected chi connectivity index (χ0v) is 16.4. The van der Waals surface area contributed by atoms with E-state index in [9.17, 15) is 4.79 Å². The molecule has 0 spiro atoms. The minimum absolute atomic E-state index is 0.0770. The molecule has 2 aliphatic heterocycles. The van der Waals surface area contributed by atoms with Gasteiger partial charge in [0.1, 0.15) is 17.4 Å². The number of benzene rings is 1. The molecule has 0 N–H and O–H groups in total. The quantitative estimate of drug-likeness (QED) is 0.814. The van der Waals surface area contributed by atoms with Gasteiger partial charge >= 0.3 is 0 Å². The second-order valence-electron chi connectivity index (χ2n) is 8.24. The highest BCUT2D eigenvalue weighted by Crippen LogP contribution is 2.32. The number of fused-ring (bicyclic) bond motifs is 3. The van der Waals surface area contributed by atoms with E-state index in [1.165, 1.54) is 0 Å². The molecule has 1 aromatic heterocycles. The maximum absolute atomic E-state index is 13.0. The topological polar surface area (TPSA) is 60.2 Å². The van der Waals surface area contributed by atoms with E-state index in [4.69, 9.17) is 4.74 Å². The number of aromatic nitrogens is 3. The number of hydrogen-bond donors (Lipinski definition) is 0. The predicted octanol–water partition coefficient (Wildman–Crippen LogP) is 2.78. The van der Waals surface area contributed by atoms with Crippen LogP contribution in [-0.2, 0) is 24.2 Å². The Kier molecular flexibility index (Phi) is 4.89. The lowest BCUT2D eigenvalue weighted by Gasteiger charge is -2.28. The number of ether oxygens (including phenoxy) is 1. The first-order valence-electron chi connectivity index (χ1n) is 9.93. The lowest BCUT2D eigenvalue weighted by Crippen LogP contribution is -2.44. The molecule has 27 heavy (non-hydrogen) atoms. The third kappa shape index (κ3) is 3.70. The number of carbonyl (C=O) groups excluding carboxylic acids is 1. The Morgan fingerprint density at radius 3 is 2.85 bits per heavy atom. The number of aryl methyl sites for hydroxylation is 1. The van der Waals surface area contributed by atoms with Crippen LogP contribution in [0.25, 0.3) is 0 Å². The molecule has 1 fully saturated rings. The molecule has 0 radical (unpaired) electrons. The Bertz CT molecular complexity index is 829. The van der Waals surface area contributed by atoms with Crippen molar-refractivity contribution in [2.45, 2.75) is 65.1 Å². The fourth-order valence-corrected chi connectivity index (χ4v) is 4.34. The Balaban J connectivity index is 1.47. The molecule has 2 bridgehead atoms. The van der Waals surface area contributed by atoms with Gasteiger partial charge in [-0.05, 0) is 43.4 Å². The van der Waals surface area contributed by atoms with Crippen LogP contribution in [0.15, 0.2) is 24.3 Å². The van der Waals surface area contributed by atoms with Crippen LogP contribution in [-0.4, -0.2) is 44.3 Å². The molecule has 0 saturated carbocycles. The number of rotatable bonds is 5. The van der Waals surface area contributed by atoms with Gasteiger partial charge in [0.05, 0.1) is 6.04 Å². The normalized spacial score (nSPS) is 21.3. The van der Waals surface area contributed by atoms with Gasteiger partial charge in [-0.15, -0.1) is 10.2 Å². The summed E-state index contributed by atoms with van der Waals surface area (Å²) in [4.78, 5) is 15.0. The molecule has 2 aliphatic rings. The van der Waals surface area contributed by atoms with Gasteiger partial charge in [-0.2, -0.15) is 0 Å². The summed E-state index contributed by atoms with van der Waals surface area (Å²) in [6.45, 7) is 7.31. The molecule has 2 aromatic rings. The van der Waals surface area contributed by atoms with Gasteiger partial charge in [-0.3, -0.25) is 4.79 Å². The van der Waals surface area contributed by atoms with Crippen LogP contribution in [0.2, 0.25) is 0 Å². The van der Waals surface area contributed by atoms with Crippen LogP contribution in [0.1, 0.15) is 43.9 Å². The smallest absolute Gasteiger partial charge is 0.261 e. The van der Waals surface area contributed by atoms with Crippen molar-refractivity contribution in [3.8, 4) is 5.75 Å². The second kappa shape index (κ2) is 7.33. The third-order valence-electron chi connectivity index (χ3n) is 5.57. The molecule has 6 nitrogen and oxygen atoms in total. The maximum Gasteiger partial charge on any atom is 0.261 e. The lowest BCUT2D eigenvalue weighted by atomic mass is 10.1. The monoisotopic (exact) mass is 368 g/mol. The minimum atomic E-state index is 0.0770. The number of carbonyl (C=O) groups is 1. The van der Waals surface area contributed by atoms with Gasteiger partial charge in [-0.25, -0.2) is 0 Å². The van der Waals surface area contributed by atoms with E-state index in [2.05, 4.69) is 33.5 Å². The van der Waals surface area contributed by atoms with Crippen LogP contribution in [0, 0.1) is 12.8 Å². The Labute approximate surface area is 160 Å². The Hall–Kier alpha value is -2.37. The van der Waals surface area contributed by atoms with Crippen molar-refractivity contribution < 1.29 is 9.53 Å². The maximum atomic E-state index is 13.0. The summed E-state index contributed by atoms with van der Waals surface area (Å²) in [5.41, 5.74) is 1.13. The molecule has 1 saturated heterocycles. The third-order valence-corrected chi connectivity index (χ3v) is 5.57. The Morgan fingerprint density at radius 2 is 2.07 bits per heavy atom. The van der Waals surface area contributed by atoms with E-state index >= 15 is 0 Å². The summed E-state index contributed by atoms with van der Waals surface area (Å²) < 4.78 is 8.03. The molecule has 0 unspecified atom stereocenters. The number of amides is 1. The molecular weight excluding hydrogens is 340 g/mol. The van der Waals surface area contributed by atoms with Crippen molar-refractivity contribution in [1.29, 1.82) is 0 Å². The fourth-order valence-electron chi connectivity index (χ4n) is 4.34. The van der Waals surface area contributed by atoms with Crippen molar-refractivity contribution in [2.24, 2.45) is 5.92 Å². The molecular formula is C21H28N4O2. The van der Waals surface area contributed by atoms with Gasteiger partial charge in [-0.1, -0.05) is 26.0 Å².